The molecule has 0 bridgehead atoms. The van der Waals surface area contributed by atoms with E-state index in [1.165, 1.54) is 45.2 Å². The van der Waals surface area contributed by atoms with E-state index in [0.29, 0.717) is 18.4 Å². The number of amides is 1. The summed E-state index contributed by atoms with van der Waals surface area (Å²) < 4.78 is 1.88. The maximum atomic E-state index is 12.0. The third-order valence-electron chi connectivity index (χ3n) is 5.14. The van der Waals surface area contributed by atoms with Crippen LogP contribution in [0.4, 0.5) is 0 Å². The molecular weight excluding hydrogens is 276 g/mol. The summed E-state index contributed by atoms with van der Waals surface area (Å²) >= 11 is 0. The molecule has 5 heteroatoms. The van der Waals surface area contributed by atoms with Gasteiger partial charge in [0.2, 0.25) is 5.91 Å². The van der Waals surface area contributed by atoms with Crippen molar-refractivity contribution in [2.24, 2.45) is 5.92 Å². The van der Waals surface area contributed by atoms with Crippen LogP contribution in [0.3, 0.4) is 0 Å². The summed E-state index contributed by atoms with van der Waals surface area (Å²) in [4.78, 5) is 14.7. The van der Waals surface area contributed by atoms with Crippen molar-refractivity contribution in [3.8, 4) is 0 Å². The summed E-state index contributed by atoms with van der Waals surface area (Å²) in [5, 5.41) is 7.33. The van der Waals surface area contributed by atoms with E-state index in [1.54, 1.807) is 6.20 Å². The second-order valence-corrected chi connectivity index (χ2v) is 6.68. The molecule has 1 aromatic heterocycles. The molecule has 2 saturated heterocycles. The molecule has 0 aromatic carbocycles. The Labute approximate surface area is 133 Å². The monoisotopic (exact) mass is 304 g/mol. The highest BCUT2D eigenvalue weighted by atomic mass is 16.1. The maximum Gasteiger partial charge on any atom is 0.220 e. The van der Waals surface area contributed by atoms with E-state index < -0.39 is 0 Å². The fraction of sp³-hybridized carbons (Fsp3) is 0.765. The second-order valence-electron chi connectivity index (χ2n) is 6.68. The van der Waals surface area contributed by atoms with E-state index >= 15 is 0 Å². The summed E-state index contributed by atoms with van der Waals surface area (Å²) in [5.74, 6) is 0.851. The Morgan fingerprint density at radius 1 is 1.23 bits per heavy atom. The Kier molecular flexibility index (Phi) is 5.48. The molecule has 5 nitrogen and oxygen atoms in total. The van der Waals surface area contributed by atoms with Crippen molar-refractivity contribution >= 4 is 5.91 Å². The largest absolute Gasteiger partial charge is 0.356 e. The molecule has 1 amide bonds. The quantitative estimate of drug-likeness (QED) is 0.875. The standard InChI is InChI=1S/C17H28N4O/c22-17(8-4-12-21-13-5-9-19-21)18-14-15-6-3-11-20-10-2-1-7-16(15)20/h5,9,13,15-16H,1-4,6-8,10-12,14H2,(H,18,22)/t15-,16+/m1/s1. The molecule has 1 N–H and O–H groups in total. The molecule has 1 aromatic rings. The van der Waals surface area contributed by atoms with Crippen LogP contribution in [0.15, 0.2) is 18.5 Å². The van der Waals surface area contributed by atoms with Gasteiger partial charge in [-0.1, -0.05) is 6.42 Å². The molecule has 2 aliphatic rings. The number of aryl methyl sites for hydroxylation is 1. The first kappa shape index (κ1) is 15.5. The third kappa shape index (κ3) is 4.09. The lowest BCUT2D eigenvalue weighted by atomic mass is 9.83. The Morgan fingerprint density at radius 2 is 2.14 bits per heavy atom. The van der Waals surface area contributed by atoms with E-state index in [1.807, 2.05) is 16.9 Å². The average molecular weight is 304 g/mol. The number of fused-ring (bicyclic) bond motifs is 1. The Balaban J connectivity index is 1.36. The molecule has 0 unspecified atom stereocenters. The van der Waals surface area contributed by atoms with E-state index in [0.717, 1.165) is 19.5 Å². The van der Waals surface area contributed by atoms with Crippen LogP contribution in [0.2, 0.25) is 0 Å². The molecular formula is C17H28N4O. The topological polar surface area (TPSA) is 50.2 Å². The van der Waals surface area contributed by atoms with Gasteiger partial charge in [0.1, 0.15) is 0 Å². The Morgan fingerprint density at radius 3 is 3.00 bits per heavy atom. The predicted molar refractivity (Wildman–Crippen MR) is 86.4 cm³/mol. The molecule has 3 rings (SSSR count). The molecule has 3 heterocycles. The summed E-state index contributed by atoms with van der Waals surface area (Å²) in [7, 11) is 0. The Hall–Kier alpha value is -1.36. The summed E-state index contributed by atoms with van der Waals surface area (Å²) in [6.45, 7) is 4.21. The van der Waals surface area contributed by atoms with Gasteiger partial charge >= 0.3 is 0 Å². The zero-order valence-electron chi connectivity index (χ0n) is 13.4. The van der Waals surface area contributed by atoms with Gasteiger partial charge < -0.3 is 10.2 Å². The molecule has 2 atom stereocenters. The number of nitrogens with one attached hydrogen (secondary N) is 1. The van der Waals surface area contributed by atoms with Gasteiger partial charge in [0.25, 0.3) is 0 Å². The fourth-order valence-electron chi connectivity index (χ4n) is 3.98. The number of rotatable bonds is 6. The van der Waals surface area contributed by atoms with Crippen molar-refractivity contribution in [2.75, 3.05) is 19.6 Å². The smallest absolute Gasteiger partial charge is 0.220 e. The van der Waals surface area contributed by atoms with Crippen molar-refractivity contribution in [1.82, 2.24) is 20.0 Å². The van der Waals surface area contributed by atoms with Gasteiger partial charge in [-0.15, -0.1) is 0 Å². The van der Waals surface area contributed by atoms with Crippen molar-refractivity contribution in [3.63, 3.8) is 0 Å². The number of nitrogens with zero attached hydrogens (tertiary/aromatic N) is 3. The summed E-state index contributed by atoms with van der Waals surface area (Å²) in [6, 6.07) is 2.63. The van der Waals surface area contributed by atoms with Gasteiger partial charge in [0.05, 0.1) is 0 Å². The van der Waals surface area contributed by atoms with Crippen LogP contribution >= 0.6 is 0 Å². The van der Waals surface area contributed by atoms with Gasteiger partial charge in [-0.25, -0.2) is 0 Å². The van der Waals surface area contributed by atoms with Crippen molar-refractivity contribution in [3.05, 3.63) is 18.5 Å². The highest BCUT2D eigenvalue weighted by molar-refractivity contribution is 5.75. The maximum absolute atomic E-state index is 12.0. The zero-order valence-corrected chi connectivity index (χ0v) is 13.4. The van der Waals surface area contributed by atoms with E-state index in [4.69, 9.17) is 0 Å². The van der Waals surface area contributed by atoms with Gasteiger partial charge in [-0.05, 0) is 57.2 Å². The predicted octanol–water partition coefficient (Wildman–Crippen LogP) is 2.04. The Bertz CT molecular complexity index is 457. The lowest BCUT2D eigenvalue weighted by Gasteiger charge is -2.44. The minimum Gasteiger partial charge on any atom is -0.356 e. The van der Waals surface area contributed by atoms with E-state index in [9.17, 15) is 4.79 Å². The van der Waals surface area contributed by atoms with Crippen LogP contribution in [-0.4, -0.2) is 46.3 Å². The van der Waals surface area contributed by atoms with Crippen LogP contribution < -0.4 is 5.32 Å². The molecule has 0 saturated carbocycles. The molecule has 0 radical (unpaired) electrons. The molecule has 22 heavy (non-hydrogen) atoms. The molecule has 122 valence electrons. The van der Waals surface area contributed by atoms with Crippen LogP contribution in [0.25, 0.3) is 0 Å². The van der Waals surface area contributed by atoms with E-state index in [-0.39, 0.29) is 5.91 Å². The highest BCUT2D eigenvalue weighted by Gasteiger charge is 2.32. The first-order valence-corrected chi connectivity index (χ1v) is 8.81. The van der Waals surface area contributed by atoms with Crippen LogP contribution in [0, 0.1) is 5.92 Å². The summed E-state index contributed by atoms with van der Waals surface area (Å²) in [6.07, 6.45) is 11.8. The molecule has 0 spiro atoms. The highest BCUT2D eigenvalue weighted by Crippen LogP contribution is 2.30. The zero-order chi connectivity index (χ0) is 15.2. The number of carbonyl (C=O) groups excluding carboxylic acids is 1. The first-order valence-electron chi connectivity index (χ1n) is 8.81. The first-order chi connectivity index (χ1) is 10.8. The minimum atomic E-state index is 0.195. The third-order valence-corrected chi connectivity index (χ3v) is 5.14. The SMILES string of the molecule is O=C(CCCn1cccn1)NC[C@H]1CCCN2CCCC[C@@H]12. The summed E-state index contributed by atoms with van der Waals surface area (Å²) in [5.41, 5.74) is 0. The molecule has 2 fully saturated rings. The van der Waals surface area contributed by atoms with Crippen molar-refractivity contribution in [2.45, 2.75) is 57.5 Å². The number of aromatic nitrogens is 2. The van der Waals surface area contributed by atoms with Crippen LogP contribution in [0.5, 0.6) is 0 Å². The van der Waals surface area contributed by atoms with Crippen LogP contribution in [-0.2, 0) is 11.3 Å². The second kappa shape index (κ2) is 7.77. The van der Waals surface area contributed by atoms with Gasteiger partial charge in [0, 0.05) is 37.9 Å². The number of piperidine rings is 2. The average Bonchev–Trinajstić information content (AvgIpc) is 3.06. The number of hydrogen-bond donors (Lipinski definition) is 1. The fourth-order valence-corrected chi connectivity index (χ4v) is 3.98. The lowest BCUT2D eigenvalue weighted by molar-refractivity contribution is -0.121. The lowest BCUT2D eigenvalue weighted by Crippen LogP contribution is -2.50. The minimum absolute atomic E-state index is 0.195. The van der Waals surface area contributed by atoms with Crippen molar-refractivity contribution in [1.29, 1.82) is 0 Å². The molecule has 2 aliphatic heterocycles. The van der Waals surface area contributed by atoms with Gasteiger partial charge in [0.15, 0.2) is 0 Å². The van der Waals surface area contributed by atoms with E-state index in [2.05, 4.69) is 15.3 Å². The number of hydrogen-bond acceptors (Lipinski definition) is 3. The molecule has 0 aliphatic carbocycles. The van der Waals surface area contributed by atoms with Gasteiger partial charge in [-0.3, -0.25) is 9.48 Å². The van der Waals surface area contributed by atoms with Crippen LogP contribution in [0.1, 0.15) is 44.9 Å². The van der Waals surface area contributed by atoms with Gasteiger partial charge in [-0.2, -0.15) is 5.10 Å². The van der Waals surface area contributed by atoms with Crippen molar-refractivity contribution < 1.29 is 4.79 Å². The normalized spacial score (nSPS) is 25.6. The number of carbonyl (C=O) groups is 1.